The zero-order chi connectivity index (χ0) is 11.7. The minimum atomic E-state index is -0.214. The van der Waals surface area contributed by atoms with Gasteiger partial charge in [0.05, 0.1) is 0 Å². The Labute approximate surface area is 98.8 Å². The highest BCUT2D eigenvalue weighted by molar-refractivity contribution is 5.75. The van der Waals surface area contributed by atoms with Crippen LogP contribution in [-0.2, 0) is 0 Å². The molecular weight excluding hydrogens is 213 g/mol. The van der Waals surface area contributed by atoms with E-state index in [1.165, 1.54) is 6.07 Å². The van der Waals surface area contributed by atoms with Gasteiger partial charge in [0.15, 0.2) is 12.0 Å². The van der Waals surface area contributed by atoms with E-state index in [9.17, 15) is 4.39 Å². The molecule has 0 radical (unpaired) electrons. The monoisotopic (exact) mass is 224 g/mol. The number of fused-ring (bicyclic) bond motifs is 1. The van der Waals surface area contributed by atoms with Crippen LogP contribution in [0.5, 0.6) is 0 Å². The van der Waals surface area contributed by atoms with Crippen molar-refractivity contribution in [1.82, 2.24) is 0 Å². The first kappa shape index (κ1) is 9.97. The fourth-order valence-corrected chi connectivity index (χ4v) is 2.02. The Kier molecular flexibility index (Phi) is 2.33. The molecule has 1 aromatic heterocycles. The largest absolute Gasteiger partial charge is 0.247 e. The molecule has 0 aliphatic heterocycles. The van der Waals surface area contributed by atoms with Crippen LogP contribution in [0.3, 0.4) is 0 Å². The standard InChI is InChI=1S/C15H11FN/c16-13-8-2-4-10-15(13)17-11-5-7-12-6-1-3-9-14(12)17/h1-11H/q+1. The lowest BCUT2D eigenvalue weighted by Gasteiger charge is -2.00. The van der Waals surface area contributed by atoms with Crippen LogP contribution in [0, 0.1) is 5.82 Å². The van der Waals surface area contributed by atoms with Crippen LogP contribution in [0.2, 0.25) is 0 Å². The maximum absolute atomic E-state index is 13.8. The molecule has 82 valence electrons. The lowest BCUT2D eigenvalue weighted by atomic mass is 10.2. The van der Waals surface area contributed by atoms with Gasteiger partial charge in [-0.2, -0.15) is 8.96 Å². The SMILES string of the molecule is Fc1ccccc1-[n+]1cccc2ccccc21. The van der Waals surface area contributed by atoms with Gasteiger partial charge in [-0.3, -0.25) is 0 Å². The molecule has 2 aromatic carbocycles. The summed E-state index contributed by atoms with van der Waals surface area (Å²) in [6.45, 7) is 0. The van der Waals surface area contributed by atoms with Crippen LogP contribution < -0.4 is 4.57 Å². The Balaban J connectivity index is 2.35. The maximum atomic E-state index is 13.8. The summed E-state index contributed by atoms with van der Waals surface area (Å²) in [4.78, 5) is 0. The van der Waals surface area contributed by atoms with Crippen molar-refractivity contribution in [3.63, 3.8) is 0 Å². The number of aromatic nitrogens is 1. The van der Waals surface area contributed by atoms with Gasteiger partial charge in [0.2, 0.25) is 11.2 Å². The third-order valence-corrected chi connectivity index (χ3v) is 2.82. The lowest BCUT2D eigenvalue weighted by Crippen LogP contribution is -2.32. The van der Waals surface area contributed by atoms with Crippen molar-refractivity contribution in [2.24, 2.45) is 0 Å². The number of para-hydroxylation sites is 2. The topological polar surface area (TPSA) is 3.88 Å². The highest BCUT2D eigenvalue weighted by atomic mass is 19.1. The quantitative estimate of drug-likeness (QED) is 0.559. The zero-order valence-electron chi connectivity index (χ0n) is 9.18. The predicted molar refractivity (Wildman–Crippen MR) is 65.4 cm³/mol. The van der Waals surface area contributed by atoms with Crippen molar-refractivity contribution < 1.29 is 8.96 Å². The van der Waals surface area contributed by atoms with E-state index in [-0.39, 0.29) is 5.82 Å². The van der Waals surface area contributed by atoms with E-state index in [4.69, 9.17) is 0 Å². The van der Waals surface area contributed by atoms with Crippen LogP contribution in [0.1, 0.15) is 0 Å². The van der Waals surface area contributed by atoms with Gasteiger partial charge in [-0.25, -0.2) is 0 Å². The number of pyridine rings is 1. The summed E-state index contributed by atoms with van der Waals surface area (Å²) in [5.74, 6) is -0.214. The molecule has 3 aromatic rings. The molecule has 0 spiro atoms. The molecule has 0 saturated heterocycles. The van der Waals surface area contributed by atoms with E-state index in [2.05, 4.69) is 0 Å². The van der Waals surface area contributed by atoms with Crippen molar-refractivity contribution in [3.8, 4) is 5.69 Å². The highest BCUT2D eigenvalue weighted by Gasteiger charge is 2.14. The first-order valence-corrected chi connectivity index (χ1v) is 5.50. The third kappa shape index (κ3) is 1.68. The fraction of sp³-hybridized carbons (Fsp3) is 0. The van der Waals surface area contributed by atoms with Crippen LogP contribution >= 0.6 is 0 Å². The number of nitrogens with zero attached hydrogens (tertiary/aromatic N) is 1. The van der Waals surface area contributed by atoms with Gasteiger partial charge in [0, 0.05) is 23.6 Å². The lowest BCUT2D eigenvalue weighted by molar-refractivity contribution is -0.569. The Bertz CT molecular complexity index is 671. The normalized spacial score (nSPS) is 10.6. The molecule has 0 atom stereocenters. The molecule has 1 nitrogen and oxygen atoms in total. The predicted octanol–water partition coefficient (Wildman–Crippen LogP) is 3.26. The van der Waals surface area contributed by atoms with Gasteiger partial charge in [0.25, 0.3) is 0 Å². The molecule has 0 unspecified atom stereocenters. The average Bonchev–Trinajstić information content (AvgIpc) is 2.39. The number of hydrogen-bond donors (Lipinski definition) is 0. The van der Waals surface area contributed by atoms with E-state index < -0.39 is 0 Å². The summed E-state index contributed by atoms with van der Waals surface area (Å²) in [6, 6.07) is 18.7. The smallest absolute Gasteiger partial charge is 0.200 e. The molecule has 0 N–H and O–H groups in total. The second-order valence-electron chi connectivity index (χ2n) is 3.89. The van der Waals surface area contributed by atoms with Gasteiger partial charge in [-0.15, -0.1) is 0 Å². The van der Waals surface area contributed by atoms with Crippen LogP contribution in [0.4, 0.5) is 4.39 Å². The van der Waals surface area contributed by atoms with E-state index in [0.29, 0.717) is 5.69 Å². The van der Waals surface area contributed by atoms with Crippen molar-refractivity contribution in [2.75, 3.05) is 0 Å². The van der Waals surface area contributed by atoms with Crippen molar-refractivity contribution in [2.45, 2.75) is 0 Å². The summed E-state index contributed by atoms with van der Waals surface area (Å²) in [5, 5.41) is 1.10. The molecule has 2 heteroatoms. The summed E-state index contributed by atoms with van der Waals surface area (Å²) in [5.41, 5.74) is 1.57. The highest BCUT2D eigenvalue weighted by Crippen LogP contribution is 2.12. The summed E-state index contributed by atoms with van der Waals surface area (Å²) in [7, 11) is 0. The van der Waals surface area contributed by atoms with Gasteiger partial charge in [0.1, 0.15) is 0 Å². The van der Waals surface area contributed by atoms with Crippen LogP contribution in [0.25, 0.3) is 16.6 Å². The van der Waals surface area contributed by atoms with Crippen LogP contribution in [-0.4, -0.2) is 0 Å². The summed E-state index contributed by atoms with van der Waals surface area (Å²) >= 11 is 0. The van der Waals surface area contributed by atoms with E-state index in [1.807, 2.05) is 53.2 Å². The molecular formula is C15H11FN+. The van der Waals surface area contributed by atoms with Crippen molar-refractivity contribution >= 4 is 10.9 Å². The molecule has 1 heterocycles. The number of rotatable bonds is 1. The molecule has 0 fully saturated rings. The molecule has 0 aliphatic rings. The molecule has 0 saturated carbocycles. The molecule has 17 heavy (non-hydrogen) atoms. The second-order valence-corrected chi connectivity index (χ2v) is 3.89. The average molecular weight is 224 g/mol. The second kappa shape index (κ2) is 3.98. The Hall–Kier alpha value is -2.22. The Morgan fingerprint density at radius 2 is 1.47 bits per heavy atom. The minimum Gasteiger partial charge on any atom is -0.200 e. The summed E-state index contributed by atoms with van der Waals surface area (Å²) in [6.07, 6.45) is 1.88. The summed E-state index contributed by atoms with van der Waals surface area (Å²) < 4.78 is 15.6. The Morgan fingerprint density at radius 3 is 2.35 bits per heavy atom. The first-order chi connectivity index (χ1) is 8.36. The molecule has 0 amide bonds. The Morgan fingerprint density at radius 1 is 0.765 bits per heavy atom. The van der Waals surface area contributed by atoms with Crippen LogP contribution in [0.15, 0.2) is 66.9 Å². The fourth-order valence-electron chi connectivity index (χ4n) is 2.02. The van der Waals surface area contributed by atoms with E-state index >= 15 is 0 Å². The van der Waals surface area contributed by atoms with Crippen molar-refractivity contribution in [3.05, 3.63) is 72.7 Å². The first-order valence-electron chi connectivity index (χ1n) is 5.50. The van der Waals surface area contributed by atoms with E-state index in [0.717, 1.165) is 10.9 Å². The molecule has 0 bridgehead atoms. The van der Waals surface area contributed by atoms with Gasteiger partial charge < -0.3 is 0 Å². The van der Waals surface area contributed by atoms with Crippen molar-refractivity contribution in [1.29, 1.82) is 0 Å². The van der Waals surface area contributed by atoms with Gasteiger partial charge in [-0.1, -0.05) is 24.3 Å². The van der Waals surface area contributed by atoms with Gasteiger partial charge >= 0.3 is 0 Å². The van der Waals surface area contributed by atoms with E-state index in [1.54, 1.807) is 12.1 Å². The van der Waals surface area contributed by atoms with Gasteiger partial charge in [-0.05, 0) is 18.2 Å². The molecule has 3 rings (SSSR count). The maximum Gasteiger partial charge on any atom is 0.247 e. The third-order valence-electron chi connectivity index (χ3n) is 2.82. The minimum absolute atomic E-state index is 0.214. The number of halogens is 1. The number of hydrogen-bond acceptors (Lipinski definition) is 0. The zero-order valence-corrected chi connectivity index (χ0v) is 9.18. The number of benzene rings is 2. The molecule has 0 aliphatic carbocycles.